The molecule has 3 rings (SSSR count). The second-order valence-electron chi connectivity index (χ2n) is 6.20. The van der Waals surface area contributed by atoms with Gasteiger partial charge in [0, 0.05) is 6.42 Å². The Morgan fingerprint density at radius 1 is 1.25 bits per heavy atom. The van der Waals surface area contributed by atoms with Crippen LogP contribution >= 0.6 is 0 Å². The maximum Gasteiger partial charge on any atom is 0.220 e. The quantitative estimate of drug-likeness (QED) is 0.903. The summed E-state index contributed by atoms with van der Waals surface area (Å²) >= 11 is 0. The fourth-order valence-electron chi connectivity index (χ4n) is 3.24. The molecule has 4 heteroatoms. The van der Waals surface area contributed by atoms with Crippen molar-refractivity contribution in [3.63, 3.8) is 0 Å². The minimum Gasteiger partial charge on any atom is -0.497 e. The Morgan fingerprint density at radius 2 is 2.04 bits per heavy atom. The molecule has 0 aliphatic heterocycles. The Bertz CT molecular complexity index is 712. The average molecular weight is 327 g/mol. The van der Waals surface area contributed by atoms with Gasteiger partial charge in [-0.3, -0.25) is 4.79 Å². The minimum atomic E-state index is -0.252. The lowest BCUT2D eigenvalue weighted by molar-refractivity contribution is -0.121. The van der Waals surface area contributed by atoms with Gasteiger partial charge in [-0.25, -0.2) is 4.39 Å². The van der Waals surface area contributed by atoms with Crippen molar-refractivity contribution >= 4 is 5.91 Å². The molecule has 0 heterocycles. The predicted molar refractivity (Wildman–Crippen MR) is 91.5 cm³/mol. The van der Waals surface area contributed by atoms with Crippen LogP contribution in [0.4, 0.5) is 4.39 Å². The topological polar surface area (TPSA) is 38.3 Å². The van der Waals surface area contributed by atoms with Crippen molar-refractivity contribution in [1.82, 2.24) is 5.32 Å². The molecule has 0 saturated carbocycles. The summed E-state index contributed by atoms with van der Waals surface area (Å²) in [5, 5.41) is 3.14. The normalized spacial score (nSPS) is 16.3. The third kappa shape index (κ3) is 3.94. The predicted octanol–water partition coefficient (Wildman–Crippen LogP) is 3.96. The van der Waals surface area contributed by atoms with Crippen molar-refractivity contribution in [3.8, 4) is 5.75 Å². The molecule has 1 atom stereocenters. The van der Waals surface area contributed by atoms with Crippen molar-refractivity contribution in [2.24, 2.45) is 0 Å². The lowest BCUT2D eigenvalue weighted by atomic mass is 9.87. The third-order valence-corrected chi connectivity index (χ3v) is 4.55. The van der Waals surface area contributed by atoms with E-state index in [1.807, 2.05) is 6.07 Å². The molecular weight excluding hydrogens is 305 g/mol. The number of hydrogen-bond donors (Lipinski definition) is 1. The van der Waals surface area contributed by atoms with E-state index in [9.17, 15) is 9.18 Å². The number of rotatable bonds is 5. The number of aryl methyl sites for hydroxylation is 2. The Hall–Kier alpha value is -2.36. The van der Waals surface area contributed by atoms with Gasteiger partial charge in [0.05, 0.1) is 13.2 Å². The van der Waals surface area contributed by atoms with E-state index in [-0.39, 0.29) is 17.8 Å². The van der Waals surface area contributed by atoms with E-state index >= 15 is 0 Å². The molecule has 0 aromatic heterocycles. The molecule has 0 fully saturated rings. The first-order valence-electron chi connectivity index (χ1n) is 8.36. The van der Waals surface area contributed by atoms with Crippen molar-refractivity contribution in [1.29, 1.82) is 0 Å². The summed E-state index contributed by atoms with van der Waals surface area (Å²) in [6.07, 6.45) is 4.07. The van der Waals surface area contributed by atoms with Crippen LogP contribution in [0.25, 0.3) is 0 Å². The number of carbonyl (C=O) groups excluding carboxylic acids is 1. The van der Waals surface area contributed by atoms with E-state index in [4.69, 9.17) is 4.74 Å². The zero-order valence-electron chi connectivity index (χ0n) is 13.8. The molecular formula is C20H22FNO2. The van der Waals surface area contributed by atoms with E-state index in [0.717, 1.165) is 30.6 Å². The van der Waals surface area contributed by atoms with E-state index in [1.165, 1.54) is 23.3 Å². The van der Waals surface area contributed by atoms with Gasteiger partial charge in [0.2, 0.25) is 5.91 Å². The van der Waals surface area contributed by atoms with E-state index in [1.54, 1.807) is 19.2 Å². The monoisotopic (exact) mass is 327 g/mol. The molecule has 2 aromatic carbocycles. The third-order valence-electron chi connectivity index (χ3n) is 4.55. The molecule has 1 aliphatic carbocycles. The number of ether oxygens (including phenoxy) is 1. The van der Waals surface area contributed by atoms with Crippen molar-refractivity contribution in [3.05, 3.63) is 65.0 Å². The van der Waals surface area contributed by atoms with Crippen LogP contribution in [0.2, 0.25) is 0 Å². The summed E-state index contributed by atoms with van der Waals surface area (Å²) in [6.45, 7) is 0. The highest BCUT2D eigenvalue weighted by Crippen LogP contribution is 2.32. The Labute approximate surface area is 141 Å². The maximum atomic E-state index is 12.9. The van der Waals surface area contributed by atoms with Crippen LogP contribution in [-0.4, -0.2) is 13.0 Å². The average Bonchev–Trinajstić information content (AvgIpc) is 2.61. The summed E-state index contributed by atoms with van der Waals surface area (Å²) in [6, 6.07) is 12.4. The number of methoxy groups -OCH3 is 1. The van der Waals surface area contributed by atoms with E-state index in [2.05, 4.69) is 17.4 Å². The number of fused-ring (bicyclic) bond motifs is 1. The van der Waals surface area contributed by atoms with Crippen molar-refractivity contribution in [2.75, 3.05) is 7.11 Å². The van der Waals surface area contributed by atoms with Gasteiger partial charge in [0.25, 0.3) is 0 Å². The Balaban J connectivity index is 1.60. The highest BCUT2D eigenvalue weighted by atomic mass is 19.1. The zero-order chi connectivity index (χ0) is 16.9. The Morgan fingerprint density at radius 3 is 2.79 bits per heavy atom. The van der Waals surface area contributed by atoms with Gasteiger partial charge in [-0.15, -0.1) is 0 Å². The fourth-order valence-corrected chi connectivity index (χ4v) is 3.24. The van der Waals surface area contributed by atoms with Crippen LogP contribution < -0.4 is 10.1 Å². The molecule has 126 valence electrons. The lowest BCUT2D eigenvalue weighted by Gasteiger charge is -2.27. The first-order chi connectivity index (χ1) is 11.7. The highest BCUT2D eigenvalue weighted by molar-refractivity contribution is 5.76. The first kappa shape index (κ1) is 16.5. The van der Waals surface area contributed by atoms with Crippen LogP contribution in [0.3, 0.4) is 0 Å². The molecule has 0 spiro atoms. The SMILES string of the molecule is COc1ccc2c(c1)CCCC2NC(=O)CCc1ccc(F)cc1. The van der Waals surface area contributed by atoms with Gasteiger partial charge in [-0.1, -0.05) is 18.2 Å². The Kier molecular flexibility index (Phi) is 5.14. The highest BCUT2D eigenvalue weighted by Gasteiger charge is 2.22. The summed E-state index contributed by atoms with van der Waals surface area (Å²) in [4.78, 5) is 12.3. The van der Waals surface area contributed by atoms with Crippen molar-refractivity contribution < 1.29 is 13.9 Å². The van der Waals surface area contributed by atoms with Gasteiger partial charge in [-0.05, 0) is 66.6 Å². The molecule has 0 bridgehead atoms. The molecule has 1 N–H and O–H groups in total. The van der Waals surface area contributed by atoms with Gasteiger partial charge < -0.3 is 10.1 Å². The van der Waals surface area contributed by atoms with Gasteiger partial charge in [0.1, 0.15) is 11.6 Å². The summed E-state index contributed by atoms with van der Waals surface area (Å²) in [5.74, 6) is 0.641. The minimum absolute atomic E-state index is 0.0352. The first-order valence-corrected chi connectivity index (χ1v) is 8.36. The van der Waals surface area contributed by atoms with Crippen molar-refractivity contribution in [2.45, 2.75) is 38.1 Å². The largest absolute Gasteiger partial charge is 0.497 e. The van der Waals surface area contributed by atoms with Crippen LogP contribution in [0.15, 0.2) is 42.5 Å². The summed E-state index contributed by atoms with van der Waals surface area (Å²) in [5.41, 5.74) is 3.42. The maximum absolute atomic E-state index is 12.9. The summed E-state index contributed by atoms with van der Waals surface area (Å²) < 4.78 is 18.2. The number of benzene rings is 2. The molecule has 1 unspecified atom stereocenters. The molecule has 24 heavy (non-hydrogen) atoms. The fraction of sp³-hybridized carbons (Fsp3) is 0.350. The lowest BCUT2D eigenvalue weighted by Crippen LogP contribution is -2.31. The van der Waals surface area contributed by atoms with E-state index in [0.29, 0.717) is 12.8 Å². The van der Waals surface area contributed by atoms with Crippen LogP contribution in [-0.2, 0) is 17.6 Å². The number of carbonyl (C=O) groups is 1. The molecule has 0 saturated heterocycles. The van der Waals surface area contributed by atoms with Crippen LogP contribution in [0.1, 0.15) is 42.0 Å². The zero-order valence-corrected chi connectivity index (χ0v) is 13.8. The smallest absolute Gasteiger partial charge is 0.220 e. The number of hydrogen-bond acceptors (Lipinski definition) is 2. The summed E-state index contributed by atoms with van der Waals surface area (Å²) in [7, 11) is 1.67. The van der Waals surface area contributed by atoms with Gasteiger partial charge in [0.15, 0.2) is 0 Å². The molecule has 1 aliphatic rings. The molecule has 2 aromatic rings. The number of amides is 1. The van der Waals surface area contributed by atoms with Gasteiger partial charge >= 0.3 is 0 Å². The molecule has 3 nitrogen and oxygen atoms in total. The van der Waals surface area contributed by atoms with Crippen LogP contribution in [0.5, 0.6) is 5.75 Å². The van der Waals surface area contributed by atoms with Crippen LogP contribution in [0, 0.1) is 5.82 Å². The second kappa shape index (κ2) is 7.47. The number of halogens is 1. The standard InChI is InChI=1S/C20H22FNO2/c1-24-17-10-11-18-15(13-17)3-2-4-19(18)22-20(23)12-7-14-5-8-16(21)9-6-14/h5-6,8-11,13,19H,2-4,7,12H2,1H3,(H,22,23). The molecule has 0 radical (unpaired) electrons. The van der Waals surface area contributed by atoms with Gasteiger partial charge in [-0.2, -0.15) is 0 Å². The number of nitrogens with one attached hydrogen (secondary N) is 1. The molecule has 1 amide bonds. The second-order valence-corrected chi connectivity index (χ2v) is 6.20. The van der Waals surface area contributed by atoms with E-state index < -0.39 is 0 Å².